The van der Waals surface area contributed by atoms with Crippen LogP contribution >= 0.6 is 0 Å². The second kappa shape index (κ2) is 12.5. The molecule has 34 heavy (non-hydrogen) atoms. The van der Waals surface area contributed by atoms with Crippen LogP contribution < -0.4 is 0 Å². The van der Waals surface area contributed by atoms with E-state index in [-0.39, 0.29) is 13.1 Å². The zero-order valence-electron chi connectivity index (χ0n) is 19.0. The van der Waals surface area contributed by atoms with Gasteiger partial charge >= 0.3 is 22.7 Å². The third kappa shape index (κ3) is 6.45. The van der Waals surface area contributed by atoms with Crippen molar-refractivity contribution in [3.05, 3.63) is 108 Å². The van der Waals surface area contributed by atoms with Crippen molar-refractivity contribution in [3.8, 4) is 0 Å². The van der Waals surface area contributed by atoms with Crippen molar-refractivity contribution in [2.75, 3.05) is 13.1 Å². The Morgan fingerprint density at radius 2 is 0.971 bits per heavy atom. The molecular weight excluding hydrogens is 474 g/mol. The van der Waals surface area contributed by atoms with Crippen LogP contribution in [0.4, 0.5) is 0 Å². The first-order valence-corrected chi connectivity index (χ1v) is 12.9. The van der Waals surface area contributed by atoms with E-state index < -0.39 is 40.5 Å². The molecule has 3 aromatic carbocycles. The summed E-state index contributed by atoms with van der Waals surface area (Å²) < 4.78 is 51.8. The summed E-state index contributed by atoms with van der Waals surface area (Å²) in [5.41, 5.74) is 2.03. The van der Waals surface area contributed by atoms with E-state index in [0.717, 1.165) is 16.7 Å². The molecular formula is C25H29NO6S2. The highest BCUT2D eigenvalue weighted by Crippen LogP contribution is 2.42. The quantitative estimate of drug-likeness (QED) is 0.280. The Morgan fingerprint density at radius 1 is 0.676 bits per heavy atom. The van der Waals surface area contributed by atoms with Crippen LogP contribution in [0.25, 0.3) is 0 Å². The second-order valence-electron chi connectivity index (χ2n) is 7.96. The van der Waals surface area contributed by atoms with Gasteiger partial charge in [-0.3, -0.25) is 22.4 Å². The summed E-state index contributed by atoms with van der Waals surface area (Å²) in [4.78, 5) is 2.07. The van der Waals surface area contributed by atoms with Crippen LogP contribution in [0.3, 0.4) is 0 Å². The lowest BCUT2D eigenvalue weighted by Gasteiger charge is -2.47. The van der Waals surface area contributed by atoms with Crippen molar-refractivity contribution < 1.29 is 25.9 Å². The SMILES string of the molecule is CC(CN(CC(C)OS(=O)O)C(c1ccccc1)(c1ccccc1)c1ccccc1)OS(=O)O. The average Bonchev–Trinajstić information content (AvgIpc) is 2.80. The molecule has 0 aromatic heterocycles. The van der Waals surface area contributed by atoms with E-state index in [1.165, 1.54) is 0 Å². The predicted octanol–water partition coefficient (Wildman–Crippen LogP) is 4.36. The van der Waals surface area contributed by atoms with E-state index in [1.54, 1.807) is 13.8 Å². The van der Waals surface area contributed by atoms with Gasteiger partial charge in [0.25, 0.3) is 0 Å². The maximum atomic E-state index is 11.4. The molecule has 0 heterocycles. The Hall–Kier alpha value is -2.24. The monoisotopic (exact) mass is 503 g/mol. The lowest BCUT2D eigenvalue weighted by Crippen LogP contribution is -2.53. The van der Waals surface area contributed by atoms with E-state index in [0.29, 0.717) is 0 Å². The molecule has 0 aliphatic rings. The second-order valence-corrected chi connectivity index (χ2v) is 9.21. The summed E-state index contributed by atoms with van der Waals surface area (Å²) in [5.74, 6) is 0. The smallest absolute Gasteiger partial charge is 0.284 e. The normalized spacial score (nSPS) is 15.6. The third-order valence-electron chi connectivity index (χ3n) is 5.50. The topological polar surface area (TPSA) is 96.3 Å². The Morgan fingerprint density at radius 3 is 1.24 bits per heavy atom. The summed E-state index contributed by atoms with van der Waals surface area (Å²) >= 11 is -4.88. The maximum Gasteiger partial charge on any atom is 0.302 e. The molecule has 3 rings (SSSR count). The van der Waals surface area contributed by atoms with Gasteiger partial charge in [-0.1, -0.05) is 91.0 Å². The highest BCUT2D eigenvalue weighted by atomic mass is 32.2. The summed E-state index contributed by atoms with van der Waals surface area (Å²) in [5, 5.41) is 0. The van der Waals surface area contributed by atoms with Gasteiger partial charge in [-0.25, -0.2) is 0 Å². The lowest BCUT2D eigenvalue weighted by molar-refractivity contribution is 0.0567. The Labute approximate surface area is 205 Å². The standard InChI is InChI=1S/C25H29NO6S2/c1-20(31-33(27)28)18-26(19-21(2)32-34(29)30)25(22-12-6-3-7-13-22,23-14-8-4-9-15-23)24-16-10-5-11-17-24/h3-17,20-21H,18-19H2,1-2H3,(H,27,28)(H,29,30). The summed E-state index contributed by atoms with van der Waals surface area (Å²) in [7, 11) is 0. The minimum absolute atomic E-state index is 0.233. The van der Waals surface area contributed by atoms with Gasteiger partial charge < -0.3 is 0 Å². The predicted molar refractivity (Wildman–Crippen MR) is 133 cm³/mol. The first kappa shape index (κ1) is 26.4. The zero-order valence-corrected chi connectivity index (χ0v) is 20.7. The van der Waals surface area contributed by atoms with Crippen molar-refractivity contribution >= 4 is 22.7 Å². The van der Waals surface area contributed by atoms with Crippen LogP contribution in [-0.4, -0.2) is 47.7 Å². The molecule has 0 saturated heterocycles. The van der Waals surface area contributed by atoms with Gasteiger partial charge in [-0.15, -0.1) is 0 Å². The molecule has 7 nitrogen and oxygen atoms in total. The van der Waals surface area contributed by atoms with Crippen molar-refractivity contribution in [3.63, 3.8) is 0 Å². The van der Waals surface area contributed by atoms with E-state index in [2.05, 4.69) is 4.90 Å². The average molecular weight is 504 g/mol. The maximum absolute atomic E-state index is 11.4. The van der Waals surface area contributed by atoms with E-state index in [9.17, 15) is 17.5 Å². The molecule has 182 valence electrons. The van der Waals surface area contributed by atoms with Gasteiger partial charge in [-0.05, 0) is 30.5 Å². The fourth-order valence-corrected chi connectivity index (χ4v) is 5.08. The number of hydrogen-bond donors (Lipinski definition) is 2. The van der Waals surface area contributed by atoms with Gasteiger partial charge in [0.2, 0.25) is 0 Å². The molecule has 0 aliphatic heterocycles. The highest BCUT2D eigenvalue weighted by molar-refractivity contribution is 7.74. The minimum atomic E-state index is -2.44. The first-order chi connectivity index (χ1) is 16.3. The van der Waals surface area contributed by atoms with Crippen LogP contribution in [0.5, 0.6) is 0 Å². The molecule has 4 atom stereocenters. The molecule has 9 heteroatoms. The van der Waals surface area contributed by atoms with Crippen LogP contribution in [0.2, 0.25) is 0 Å². The van der Waals surface area contributed by atoms with Gasteiger partial charge in [0, 0.05) is 13.1 Å². The van der Waals surface area contributed by atoms with Crippen molar-refractivity contribution in [2.45, 2.75) is 31.6 Å². The molecule has 2 N–H and O–H groups in total. The number of nitrogens with zero attached hydrogens (tertiary/aromatic N) is 1. The fraction of sp³-hybridized carbons (Fsp3) is 0.280. The Balaban J connectivity index is 2.28. The van der Waals surface area contributed by atoms with Gasteiger partial charge in [0.15, 0.2) is 0 Å². The molecule has 0 spiro atoms. The molecule has 0 saturated carbocycles. The first-order valence-electron chi connectivity index (χ1n) is 10.8. The summed E-state index contributed by atoms with van der Waals surface area (Å²) in [6.07, 6.45) is -1.26. The highest BCUT2D eigenvalue weighted by Gasteiger charge is 2.43. The zero-order chi connectivity index (χ0) is 24.6. The van der Waals surface area contributed by atoms with E-state index in [4.69, 9.17) is 8.37 Å². The molecule has 0 aliphatic carbocycles. The van der Waals surface area contributed by atoms with Crippen molar-refractivity contribution in [2.24, 2.45) is 0 Å². The molecule has 4 unspecified atom stereocenters. The van der Waals surface area contributed by atoms with E-state index in [1.807, 2.05) is 91.0 Å². The van der Waals surface area contributed by atoms with Gasteiger partial charge in [0.1, 0.15) is 0 Å². The van der Waals surface area contributed by atoms with Crippen molar-refractivity contribution in [1.82, 2.24) is 4.90 Å². The summed E-state index contributed by atoms with van der Waals surface area (Å²) in [6, 6.07) is 29.7. The van der Waals surface area contributed by atoms with E-state index >= 15 is 0 Å². The van der Waals surface area contributed by atoms with Crippen LogP contribution in [0, 0.1) is 0 Å². The Kier molecular flexibility index (Phi) is 9.66. The molecule has 0 radical (unpaired) electrons. The minimum Gasteiger partial charge on any atom is -0.284 e. The number of benzene rings is 3. The van der Waals surface area contributed by atoms with Gasteiger partial charge in [0.05, 0.1) is 17.7 Å². The molecule has 3 aromatic rings. The number of rotatable bonds is 12. The fourth-order valence-electron chi connectivity index (χ4n) is 4.40. The number of hydrogen-bond acceptors (Lipinski definition) is 5. The van der Waals surface area contributed by atoms with Crippen LogP contribution in [0.15, 0.2) is 91.0 Å². The molecule has 0 bridgehead atoms. The van der Waals surface area contributed by atoms with Gasteiger partial charge in [-0.2, -0.15) is 8.42 Å². The third-order valence-corrected chi connectivity index (χ3v) is 6.48. The largest absolute Gasteiger partial charge is 0.302 e. The van der Waals surface area contributed by atoms with Crippen LogP contribution in [-0.2, 0) is 36.6 Å². The summed E-state index contributed by atoms with van der Waals surface area (Å²) in [6.45, 7) is 3.89. The molecule has 0 amide bonds. The van der Waals surface area contributed by atoms with Crippen LogP contribution in [0.1, 0.15) is 30.5 Å². The van der Waals surface area contributed by atoms with Crippen molar-refractivity contribution in [1.29, 1.82) is 0 Å². The molecule has 0 fully saturated rings. The Bertz CT molecular complexity index is 948. The lowest BCUT2D eigenvalue weighted by atomic mass is 9.75.